The van der Waals surface area contributed by atoms with E-state index in [1.165, 1.54) is 23.1 Å². The van der Waals surface area contributed by atoms with Gasteiger partial charge in [-0.2, -0.15) is 0 Å². The number of nitrogens with one attached hydrogen (secondary N) is 1. The van der Waals surface area contributed by atoms with Gasteiger partial charge in [-0.25, -0.2) is 0 Å². The summed E-state index contributed by atoms with van der Waals surface area (Å²) in [5, 5.41) is 12.8. The maximum Gasteiger partial charge on any atom is 0.306 e. The van der Waals surface area contributed by atoms with Crippen LogP contribution < -0.4 is 5.32 Å². The van der Waals surface area contributed by atoms with Gasteiger partial charge in [-0.3, -0.25) is 4.79 Å². The average molecular weight is 273 g/mol. The summed E-state index contributed by atoms with van der Waals surface area (Å²) in [5.41, 5.74) is 4.27. The molecule has 0 bridgehead atoms. The van der Waals surface area contributed by atoms with Gasteiger partial charge in [0, 0.05) is 12.1 Å². The second-order valence-electron chi connectivity index (χ2n) is 6.35. The Labute approximate surface area is 120 Å². The van der Waals surface area contributed by atoms with E-state index in [0.717, 1.165) is 32.1 Å². The summed E-state index contributed by atoms with van der Waals surface area (Å²) in [7, 11) is 0. The maximum atomic E-state index is 11.0. The highest BCUT2D eigenvalue weighted by atomic mass is 16.4. The molecule has 1 saturated carbocycles. The Morgan fingerprint density at radius 1 is 1.20 bits per heavy atom. The minimum Gasteiger partial charge on any atom is -0.481 e. The molecule has 0 spiro atoms. The van der Waals surface area contributed by atoms with Gasteiger partial charge in [-0.1, -0.05) is 23.8 Å². The van der Waals surface area contributed by atoms with E-state index in [1.807, 2.05) is 0 Å². The molecule has 3 rings (SSSR count). The van der Waals surface area contributed by atoms with Crippen molar-refractivity contribution >= 4 is 5.97 Å². The fourth-order valence-electron chi connectivity index (χ4n) is 3.69. The first-order valence-corrected chi connectivity index (χ1v) is 7.72. The van der Waals surface area contributed by atoms with Gasteiger partial charge in [0.05, 0.1) is 5.92 Å². The normalized spacial score (nSPS) is 29.1. The largest absolute Gasteiger partial charge is 0.481 e. The summed E-state index contributed by atoms with van der Waals surface area (Å²) >= 11 is 0. The van der Waals surface area contributed by atoms with Crippen molar-refractivity contribution in [3.05, 3.63) is 34.9 Å². The lowest BCUT2D eigenvalue weighted by Crippen LogP contribution is -2.36. The van der Waals surface area contributed by atoms with E-state index < -0.39 is 5.97 Å². The van der Waals surface area contributed by atoms with E-state index in [-0.39, 0.29) is 5.92 Å². The monoisotopic (exact) mass is 273 g/mol. The lowest BCUT2D eigenvalue weighted by atomic mass is 9.85. The van der Waals surface area contributed by atoms with E-state index in [4.69, 9.17) is 5.11 Å². The molecular formula is C17H23NO2. The molecule has 0 aliphatic heterocycles. The third-order valence-corrected chi connectivity index (χ3v) is 4.89. The minimum absolute atomic E-state index is 0.119. The Morgan fingerprint density at radius 3 is 2.65 bits per heavy atom. The molecule has 0 heterocycles. The summed E-state index contributed by atoms with van der Waals surface area (Å²) in [6.07, 6.45) is 5.97. The number of carboxylic acid groups (broad SMARTS) is 1. The van der Waals surface area contributed by atoms with Gasteiger partial charge in [0.2, 0.25) is 0 Å². The van der Waals surface area contributed by atoms with Gasteiger partial charge in [0.1, 0.15) is 0 Å². The van der Waals surface area contributed by atoms with E-state index in [1.54, 1.807) is 0 Å². The van der Waals surface area contributed by atoms with Crippen LogP contribution in [0.2, 0.25) is 0 Å². The molecule has 0 aromatic heterocycles. The molecule has 1 fully saturated rings. The highest BCUT2D eigenvalue weighted by molar-refractivity contribution is 5.70. The molecule has 0 amide bonds. The lowest BCUT2D eigenvalue weighted by molar-refractivity contribution is -0.142. The third kappa shape index (κ3) is 2.73. The van der Waals surface area contributed by atoms with E-state index >= 15 is 0 Å². The number of rotatable bonds is 3. The second kappa shape index (κ2) is 5.57. The first-order chi connectivity index (χ1) is 9.63. The van der Waals surface area contributed by atoms with Crippen LogP contribution in [0.3, 0.4) is 0 Å². The van der Waals surface area contributed by atoms with Gasteiger partial charge < -0.3 is 10.4 Å². The predicted molar refractivity (Wildman–Crippen MR) is 78.8 cm³/mol. The number of carbonyl (C=O) groups is 1. The van der Waals surface area contributed by atoms with Gasteiger partial charge in [0.25, 0.3) is 0 Å². The molecule has 3 nitrogen and oxygen atoms in total. The number of carboxylic acids is 1. The Bertz CT molecular complexity index is 504. The Hall–Kier alpha value is -1.35. The number of benzene rings is 1. The molecule has 20 heavy (non-hydrogen) atoms. The molecule has 0 saturated heterocycles. The Kier molecular flexibility index (Phi) is 3.79. The zero-order valence-corrected chi connectivity index (χ0v) is 12.1. The summed E-state index contributed by atoms with van der Waals surface area (Å²) in [6, 6.07) is 7.72. The van der Waals surface area contributed by atoms with Crippen molar-refractivity contribution in [1.29, 1.82) is 0 Å². The molecule has 2 aliphatic rings. The SMILES string of the molecule is Cc1ccc2c(c1)C(NC1CCC(C(=O)O)CC1)CC2. The molecule has 2 aliphatic carbocycles. The molecule has 1 atom stereocenters. The number of aliphatic carboxylic acids is 1. The van der Waals surface area contributed by atoms with Crippen LogP contribution in [-0.4, -0.2) is 17.1 Å². The number of hydrogen-bond acceptors (Lipinski definition) is 2. The third-order valence-electron chi connectivity index (χ3n) is 4.89. The van der Waals surface area contributed by atoms with Crippen LogP contribution >= 0.6 is 0 Å². The van der Waals surface area contributed by atoms with Crippen molar-refractivity contribution in [3.63, 3.8) is 0 Å². The van der Waals surface area contributed by atoms with Crippen LogP contribution in [-0.2, 0) is 11.2 Å². The smallest absolute Gasteiger partial charge is 0.306 e. The summed E-state index contributed by atoms with van der Waals surface area (Å²) in [5.74, 6) is -0.739. The van der Waals surface area contributed by atoms with Crippen LogP contribution in [0.1, 0.15) is 54.8 Å². The molecule has 1 unspecified atom stereocenters. The first-order valence-electron chi connectivity index (χ1n) is 7.72. The predicted octanol–water partition coefficient (Wildman–Crippen LogP) is 3.22. The second-order valence-corrected chi connectivity index (χ2v) is 6.35. The van der Waals surface area contributed by atoms with Crippen molar-refractivity contribution < 1.29 is 9.90 Å². The first kappa shape index (κ1) is 13.6. The molecule has 108 valence electrons. The maximum absolute atomic E-state index is 11.0. The zero-order valence-electron chi connectivity index (χ0n) is 12.1. The zero-order chi connectivity index (χ0) is 14.1. The van der Waals surface area contributed by atoms with Gasteiger partial charge >= 0.3 is 5.97 Å². The molecule has 2 N–H and O–H groups in total. The summed E-state index contributed by atoms with van der Waals surface area (Å²) < 4.78 is 0. The standard InChI is InChI=1S/C17H23NO2/c1-11-2-3-12-6-9-16(15(12)10-11)18-14-7-4-13(5-8-14)17(19)20/h2-3,10,13-14,16,18H,4-9H2,1H3,(H,19,20). The topological polar surface area (TPSA) is 49.3 Å². The van der Waals surface area contributed by atoms with E-state index in [0.29, 0.717) is 12.1 Å². The fourth-order valence-corrected chi connectivity index (χ4v) is 3.69. The van der Waals surface area contributed by atoms with Crippen molar-refractivity contribution in [2.45, 2.75) is 57.5 Å². The Balaban J connectivity index is 1.61. The highest BCUT2D eigenvalue weighted by Crippen LogP contribution is 2.34. The van der Waals surface area contributed by atoms with Crippen molar-refractivity contribution in [2.24, 2.45) is 5.92 Å². The quantitative estimate of drug-likeness (QED) is 0.889. The lowest BCUT2D eigenvalue weighted by Gasteiger charge is -2.29. The fraction of sp³-hybridized carbons (Fsp3) is 0.588. The summed E-state index contributed by atoms with van der Waals surface area (Å²) in [4.78, 5) is 11.0. The van der Waals surface area contributed by atoms with Crippen LogP contribution in [0.5, 0.6) is 0 Å². The minimum atomic E-state index is -0.620. The van der Waals surface area contributed by atoms with Crippen molar-refractivity contribution in [3.8, 4) is 0 Å². The van der Waals surface area contributed by atoms with Crippen LogP contribution in [0, 0.1) is 12.8 Å². The molecule has 1 aromatic rings. The Morgan fingerprint density at radius 2 is 1.95 bits per heavy atom. The summed E-state index contributed by atoms with van der Waals surface area (Å²) in [6.45, 7) is 2.15. The molecule has 0 radical (unpaired) electrons. The van der Waals surface area contributed by atoms with Crippen LogP contribution in [0.15, 0.2) is 18.2 Å². The van der Waals surface area contributed by atoms with E-state index in [2.05, 4.69) is 30.4 Å². The van der Waals surface area contributed by atoms with Gasteiger partial charge in [-0.15, -0.1) is 0 Å². The number of aryl methyl sites for hydroxylation is 2. The molecule has 1 aromatic carbocycles. The van der Waals surface area contributed by atoms with Crippen LogP contribution in [0.4, 0.5) is 0 Å². The highest BCUT2D eigenvalue weighted by Gasteiger charge is 2.29. The van der Waals surface area contributed by atoms with Crippen LogP contribution in [0.25, 0.3) is 0 Å². The number of fused-ring (bicyclic) bond motifs is 1. The van der Waals surface area contributed by atoms with Crippen molar-refractivity contribution in [1.82, 2.24) is 5.32 Å². The number of hydrogen-bond donors (Lipinski definition) is 2. The molecular weight excluding hydrogens is 250 g/mol. The van der Waals surface area contributed by atoms with Gasteiger partial charge in [-0.05, 0) is 56.6 Å². The molecule has 3 heteroatoms. The van der Waals surface area contributed by atoms with Gasteiger partial charge in [0.15, 0.2) is 0 Å². The average Bonchev–Trinajstić information content (AvgIpc) is 2.82. The van der Waals surface area contributed by atoms with E-state index in [9.17, 15) is 4.79 Å². The van der Waals surface area contributed by atoms with Crippen molar-refractivity contribution in [2.75, 3.05) is 0 Å².